The Bertz CT molecular complexity index is 523. The van der Waals surface area contributed by atoms with Crippen molar-refractivity contribution in [3.8, 4) is 11.6 Å². The Morgan fingerprint density at radius 3 is 2.44 bits per heavy atom. The largest absolute Gasteiger partial charge is 0.437 e. The van der Waals surface area contributed by atoms with E-state index < -0.39 is 0 Å². The fourth-order valence-corrected chi connectivity index (χ4v) is 1.58. The molecule has 1 aromatic heterocycles. The summed E-state index contributed by atoms with van der Waals surface area (Å²) in [5.41, 5.74) is 8.51. The summed E-state index contributed by atoms with van der Waals surface area (Å²) in [6.07, 6.45) is 2.51. The van der Waals surface area contributed by atoms with E-state index >= 15 is 0 Å². The number of nitrogens with zero attached hydrogens (tertiary/aromatic N) is 2. The molecule has 0 aliphatic heterocycles. The summed E-state index contributed by atoms with van der Waals surface area (Å²) >= 11 is 0. The third-order valence-corrected chi connectivity index (χ3v) is 2.75. The standard InChI is InChI=1S/C14H17N3O/c1-10-11(2)17-14(9-16-10)18-13-5-3-12(4-6-13)7-8-15/h3-6,9H,7-8,15H2,1-2H3. The van der Waals surface area contributed by atoms with Crippen LogP contribution in [0.5, 0.6) is 11.6 Å². The second kappa shape index (κ2) is 5.60. The van der Waals surface area contributed by atoms with Crippen LogP contribution < -0.4 is 10.5 Å². The second-order valence-electron chi connectivity index (χ2n) is 4.16. The van der Waals surface area contributed by atoms with Crippen molar-refractivity contribution >= 4 is 0 Å². The number of nitrogens with two attached hydrogens (primary N) is 1. The van der Waals surface area contributed by atoms with Crippen LogP contribution in [0.2, 0.25) is 0 Å². The number of rotatable bonds is 4. The third kappa shape index (κ3) is 3.05. The Kier molecular flexibility index (Phi) is 3.89. The summed E-state index contributed by atoms with van der Waals surface area (Å²) < 4.78 is 5.64. The highest BCUT2D eigenvalue weighted by Crippen LogP contribution is 2.20. The molecule has 0 fully saturated rings. The van der Waals surface area contributed by atoms with Gasteiger partial charge in [0, 0.05) is 0 Å². The van der Waals surface area contributed by atoms with Crippen LogP contribution in [0.1, 0.15) is 17.0 Å². The van der Waals surface area contributed by atoms with Gasteiger partial charge in [-0.2, -0.15) is 0 Å². The molecule has 0 bridgehead atoms. The lowest BCUT2D eigenvalue weighted by atomic mass is 10.1. The van der Waals surface area contributed by atoms with Crippen LogP contribution in [0.15, 0.2) is 30.5 Å². The number of benzene rings is 1. The van der Waals surface area contributed by atoms with Crippen LogP contribution in [0.25, 0.3) is 0 Å². The van der Waals surface area contributed by atoms with E-state index in [4.69, 9.17) is 10.5 Å². The highest BCUT2D eigenvalue weighted by molar-refractivity contribution is 5.30. The second-order valence-corrected chi connectivity index (χ2v) is 4.16. The summed E-state index contributed by atoms with van der Waals surface area (Å²) in [7, 11) is 0. The Labute approximate surface area is 107 Å². The van der Waals surface area contributed by atoms with Gasteiger partial charge in [-0.05, 0) is 44.5 Å². The predicted molar refractivity (Wildman–Crippen MR) is 70.8 cm³/mol. The third-order valence-electron chi connectivity index (χ3n) is 2.75. The molecule has 2 N–H and O–H groups in total. The summed E-state index contributed by atoms with van der Waals surface area (Å²) in [6.45, 7) is 4.50. The van der Waals surface area contributed by atoms with E-state index in [0.717, 1.165) is 23.6 Å². The summed E-state index contributed by atoms with van der Waals surface area (Å²) in [5, 5.41) is 0. The minimum absolute atomic E-state index is 0.518. The zero-order valence-corrected chi connectivity index (χ0v) is 10.7. The quantitative estimate of drug-likeness (QED) is 0.895. The number of hydrogen-bond donors (Lipinski definition) is 1. The van der Waals surface area contributed by atoms with Gasteiger partial charge in [-0.25, -0.2) is 4.98 Å². The van der Waals surface area contributed by atoms with Crippen LogP contribution in [0, 0.1) is 13.8 Å². The van der Waals surface area contributed by atoms with Crippen molar-refractivity contribution < 1.29 is 4.74 Å². The molecule has 0 unspecified atom stereocenters. The molecule has 0 atom stereocenters. The lowest BCUT2D eigenvalue weighted by Gasteiger charge is -2.07. The maximum atomic E-state index is 5.64. The fraction of sp³-hybridized carbons (Fsp3) is 0.286. The van der Waals surface area contributed by atoms with Crippen LogP contribution in [0.4, 0.5) is 0 Å². The van der Waals surface area contributed by atoms with Crippen LogP contribution >= 0.6 is 0 Å². The first-order chi connectivity index (χ1) is 8.69. The number of ether oxygens (including phenoxy) is 1. The molecule has 4 nitrogen and oxygen atoms in total. The van der Waals surface area contributed by atoms with Gasteiger partial charge >= 0.3 is 0 Å². The predicted octanol–water partition coefficient (Wildman–Crippen LogP) is 2.39. The summed E-state index contributed by atoms with van der Waals surface area (Å²) in [6, 6.07) is 7.86. The molecule has 0 aliphatic carbocycles. The van der Waals surface area contributed by atoms with E-state index in [9.17, 15) is 0 Å². The molecule has 0 saturated carbocycles. The summed E-state index contributed by atoms with van der Waals surface area (Å²) in [5.74, 6) is 1.28. The van der Waals surface area contributed by atoms with Crippen LogP contribution in [-0.2, 0) is 6.42 Å². The maximum absolute atomic E-state index is 5.64. The Balaban J connectivity index is 2.10. The minimum Gasteiger partial charge on any atom is -0.437 e. The lowest BCUT2D eigenvalue weighted by molar-refractivity contribution is 0.458. The van der Waals surface area contributed by atoms with E-state index in [1.54, 1.807) is 6.20 Å². The minimum atomic E-state index is 0.518. The maximum Gasteiger partial charge on any atom is 0.238 e. The van der Waals surface area contributed by atoms with Crippen LogP contribution in [0.3, 0.4) is 0 Å². The summed E-state index contributed by atoms with van der Waals surface area (Å²) in [4.78, 5) is 8.54. The number of aryl methyl sites for hydroxylation is 2. The van der Waals surface area contributed by atoms with Crippen molar-refractivity contribution in [1.29, 1.82) is 0 Å². The van der Waals surface area contributed by atoms with Crippen molar-refractivity contribution in [2.75, 3.05) is 6.54 Å². The number of aromatic nitrogens is 2. The molecule has 0 radical (unpaired) electrons. The Morgan fingerprint density at radius 1 is 1.11 bits per heavy atom. The van der Waals surface area contributed by atoms with Gasteiger partial charge in [0.15, 0.2) is 0 Å². The van der Waals surface area contributed by atoms with E-state index in [1.165, 1.54) is 5.56 Å². The van der Waals surface area contributed by atoms with Crippen molar-refractivity contribution in [2.24, 2.45) is 5.73 Å². The van der Waals surface area contributed by atoms with E-state index in [-0.39, 0.29) is 0 Å². The molecule has 2 aromatic rings. The molecule has 1 aromatic carbocycles. The monoisotopic (exact) mass is 243 g/mol. The zero-order valence-electron chi connectivity index (χ0n) is 10.7. The first-order valence-electron chi connectivity index (χ1n) is 5.96. The van der Waals surface area contributed by atoms with Gasteiger partial charge in [-0.1, -0.05) is 12.1 Å². The molecule has 94 valence electrons. The lowest BCUT2D eigenvalue weighted by Crippen LogP contribution is -2.02. The first-order valence-corrected chi connectivity index (χ1v) is 5.96. The average molecular weight is 243 g/mol. The smallest absolute Gasteiger partial charge is 0.238 e. The van der Waals surface area contributed by atoms with Crippen molar-refractivity contribution in [3.63, 3.8) is 0 Å². The average Bonchev–Trinajstić information content (AvgIpc) is 2.37. The Morgan fingerprint density at radius 2 is 1.83 bits per heavy atom. The first kappa shape index (κ1) is 12.5. The molecular formula is C14H17N3O. The van der Waals surface area contributed by atoms with E-state index in [0.29, 0.717) is 12.4 Å². The van der Waals surface area contributed by atoms with Gasteiger partial charge in [0.1, 0.15) is 5.75 Å². The number of hydrogen-bond acceptors (Lipinski definition) is 4. The van der Waals surface area contributed by atoms with Gasteiger partial charge in [0.25, 0.3) is 0 Å². The van der Waals surface area contributed by atoms with Crippen molar-refractivity contribution in [2.45, 2.75) is 20.3 Å². The molecule has 0 saturated heterocycles. The van der Waals surface area contributed by atoms with Gasteiger partial charge < -0.3 is 10.5 Å². The Hall–Kier alpha value is -1.94. The normalized spacial score (nSPS) is 10.4. The molecular weight excluding hydrogens is 226 g/mol. The highest BCUT2D eigenvalue weighted by Gasteiger charge is 2.02. The fourth-order valence-electron chi connectivity index (χ4n) is 1.58. The van der Waals surface area contributed by atoms with Gasteiger partial charge in [0.05, 0.1) is 17.6 Å². The van der Waals surface area contributed by atoms with Gasteiger partial charge in [-0.3, -0.25) is 4.98 Å². The topological polar surface area (TPSA) is 61.0 Å². The van der Waals surface area contributed by atoms with E-state index in [2.05, 4.69) is 9.97 Å². The van der Waals surface area contributed by atoms with Crippen LogP contribution in [-0.4, -0.2) is 16.5 Å². The molecule has 2 rings (SSSR count). The van der Waals surface area contributed by atoms with Crippen molar-refractivity contribution in [1.82, 2.24) is 9.97 Å². The van der Waals surface area contributed by atoms with Gasteiger partial charge in [0.2, 0.25) is 5.88 Å². The molecule has 0 aliphatic rings. The van der Waals surface area contributed by atoms with Gasteiger partial charge in [-0.15, -0.1) is 0 Å². The van der Waals surface area contributed by atoms with Crippen molar-refractivity contribution in [3.05, 3.63) is 47.4 Å². The molecule has 18 heavy (non-hydrogen) atoms. The van der Waals surface area contributed by atoms with E-state index in [1.807, 2.05) is 38.1 Å². The highest BCUT2D eigenvalue weighted by atomic mass is 16.5. The molecule has 4 heteroatoms. The molecule has 1 heterocycles. The zero-order chi connectivity index (χ0) is 13.0. The molecule has 0 spiro atoms. The SMILES string of the molecule is Cc1ncc(Oc2ccc(CCN)cc2)nc1C. The molecule has 0 amide bonds.